The number of hydrogen-bond acceptors (Lipinski definition) is 1. The molecule has 1 saturated carbocycles. The lowest BCUT2D eigenvalue weighted by Gasteiger charge is -1.94. The molecule has 1 aliphatic carbocycles. The van der Waals surface area contributed by atoms with Crippen molar-refractivity contribution in [2.75, 3.05) is 0 Å². The van der Waals surface area contributed by atoms with Crippen LogP contribution < -0.4 is 5.73 Å². The van der Waals surface area contributed by atoms with Gasteiger partial charge in [-0.3, -0.25) is 4.79 Å². The summed E-state index contributed by atoms with van der Waals surface area (Å²) < 4.78 is 0. The molecule has 0 aromatic rings. The zero-order valence-electron chi connectivity index (χ0n) is 7.68. The van der Waals surface area contributed by atoms with Crippen molar-refractivity contribution < 1.29 is 4.79 Å². The van der Waals surface area contributed by atoms with E-state index in [0.717, 1.165) is 0 Å². The van der Waals surface area contributed by atoms with Gasteiger partial charge in [0.15, 0.2) is 0 Å². The van der Waals surface area contributed by atoms with Crippen molar-refractivity contribution in [3.05, 3.63) is 12.2 Å². The van der Waals surface area contributed by atoms with E-state index in [1.807, 2.05) is 0 Å². The van der Waals surface area contributed by atoms with E-state index < -0.39 is 0 Å². The minimum Gasteiger partial charge on any atom is -0.370 e. The average molecular weight is 167 g/mol. The summed E-state index contributed by atoms with van der Waals surface area (Å²) in [6.07, 6.45) is 4.15. The fourth-order valence-electron chi connectivity index (χ4n) is 1.75. The fourth-order valence-corrected chi connectivity index (χ4v) is 1.75. The van der Waals surface area contributed by atoms with Gasteiger partial charge in [-0.15, -0.1) is 0 Å². The van der Waals surface area contributed by atoms with Crippen molar-refractivity contribution in [2.45, 2.75) is 32.6 Å². The molecular formula is C10H17NO. The second kappa shape index (κ2) is 3.74. The summed E-state index contributed by atoms with van der Waals surface area (Å²) in [6, 6.07) is 0. The Kier molecular flexibility index (Phi) is 2.90. The molecule has 12 heavy (non-hydrogen) atoms. The van der Waals surface area contributed by atoms with Crippen LogP contribution in [0.1, 0.15) is 32.6 Å². The molecule has 2 nitrogen and oxygen atoms in total. The summed E-state index contributed by atoms with van der Waals surface area (Å²) in [5.74, 6) is 0.812. The smallest absolute Gasteiger partial charge is 0.218 e. The van der Waals surface area contributed by atoms with Crippen molar-refractivity contribution in [2.24, 2.45) is 17.6 Å². The minimum atomic E-state index is -0.194. The van der Waals surface area contributed by atoms with Crippen LogP contribution in [0.3, 0.4) is 0 Å². The first-order valence-electron chi connectivity index (χ1n) is 4.63. The highest BCUT2D eigenvalue weighted by molar-refractivity contribution is 5.75. The number of carbonyl (C=O) groups is 1. The maximum absolute atomic E-state index is 10.6. The SMILES string of the molecule is C=C1[C@@H](CC(N)=O)[C@H]1CCCC. The number of primary amides is 1. The molecule has 1 amide bonds. The largest absolute Gasteiger partial charge is 0.370 e. The highest BCUT2D eigenvalue weighted by Crippen LogP contribution is 2.49. The van der Waals surface area contributed by atoms with Gasteiger partial charge in [-0.2, -0.15) is 0 Å². The van der Waals surface area contributed by atoms with Gasteiger partial charge >= 0.3 is 0 Å². The van der Waals surface area contributed by atoms with E-state index in [-0.39, 0.29) is 5.91 Å². The Balaban J connectivity index is 2.23. The molecule has 2 N–H and O–H groups in total. The molecule has 0 unspecified atom stereocenters. The molecule has 1 fully saturated rings. The van der Waals surface area contributed by atoms with Gasteiger partial charge < -0.3 is 5.73 Å². The second-order valence-corrected chi connectivity index (χ2v) is 3.60. The lowest BCUT2D eigenvalue weighted by Crippen LogP contribution is -2.11. The predicted octanol–water partition coefficient (Wildman–Crippen LogP) is 1.85. The van der Waals surface area contributed by atoms with Crippen LogP contribution in [0, 0.1) is 11.8 Å². The van der Waals surface area contributed by atoms with Crippen molar-refractivity contribution in [3.63, 3.8) is 0 Å². The quantitative estimate of drug-likeness (QED) is 0.624. The Morgan fingerprint density at radius 3 is 2.75 bits per heavy atom. The van der Waals surface area contributed by atoms with Gasteiger partial charge in [0.25, 0.3) is 0 Å². The van der Waals surface area contributed by atoms with E-state index in [9.17, 15) is 4.79 Å². The Bertz CT molecular complexity index is 198. The lowest BCUT2D eigenvalue weighted by molar-refractivity contribution is -0.118. The molecule has 0 saturated heterocycles. The van der Waals surface area contributed by atoms with Gasteiger partial charge in [-0.05, 0) is 18.3 Å². The zero-order chi connectivity index (χ0) is 9.14. The maximum atomic E-state index is 10.6. The number of nitrogens with two attached hydrogens (primary N) is 1. The summed E-state index contributed by atoms with van der Waals surface area (Å²) in [4.78, 5) is 10.6. The van der Waals surface area contributed by atoms with E-state index >= 15 is 0 Å². The van der Waals surface area contributed by atoms with Crippen LogP contribution in [-0.2, 0) is 4.79 Å². The van der Waals surface area contributed by atoms with Crippen molar-refractivity contribution in [3.8, 4) is 0 Å². The first-order chi connectivity index (χ1) is 5.66. The van der Waals surface area contributed by atoms with Gasteiger partial charge in [0, 0.05) is 6.42 Å². The maximum Gasteiger partial charge on any atom is 0.218 e. The fraction of sp³-hybridized carbons (Fsp3) is 0.700. The van der Waals surface area contributed by atoms with Crippen molar-refractivity contribution in [1.29, 1.82) is 0 Å². The number of hydrogen-bond donors (Lipinski definition) is 1. The van der Waals surface area contributed by atoms with Gasteiger partial charge in [-0.1, -0.05) is 31.9 Å². The molecule has 0 bridgehead atoms. The van der Waals surface area contributed by atoms with Crippen LogP contribution in [0.25, 0.3) is 0 Å². The lowest BCUT2D eigenvalue weighted by atomic mass is 10.1. The summed E-state index contributed by atoms with van der Waals surface area (Å²) >= 11 is 0. The van der Waals surface area contributed by atoms with E-state index in [1.165, 1.54) is 24.8 Å². The second-order valence-electron chi connectivity index (χ2n) is 3.60. The molecule has 0 aliphatic heterocycles. The molecule has 0 radical (unpaired) electrons. The van der Waals surface area contributed by atoms with Crippen LogP contribution in [0.4, 0.5) is 0 Å². The molecule has 0 aromatic heterocycles. The normalized spacial score (nSPS) is 27.2. The zero-order valence-corrected chi connectivity index (χ0v) is 7.68. The molecule has 1 rings (SSSR count). The van der Waals surface area contributed by atoms with E-state index in [1.54, 1.807) is 0 Å². The van der Waals surface area contributed by atoms with Gasteiger partial charge in [0.1, 0.15) is 0 Å². The van der Waals surface area contributed by atoms with E-state index in [2.05, 4.69) is 13.5 Å². The third kappa shape index (κ3) is 2.10. The number of amides is 1. The third-order valence-corrected chi connectivity index (χ3v) is 2.62. The van der Waals surface area contributed by atoms with Crippen LogP contribution >= 0.6 is 0 Å². The standard InChI is InChI=1S/C10H17NO/c1-3-4-5-8-7(2)9(8)6-10(11)12/h8-9H,2-6H2,1H3,(H2,11,12)/t8-,9+/m0/s1. The molecule has 0 heterocycles. The number of allylic oxidation sites excluding steroid dienone is 1. The molecule has 2 atom stereocenters. The van der Waals surface area contributed by atoms with Crippen LogP contribution in [0.5, 0.6) is 0 Å². The van der Waals surface area contributed by atoms with Gasteiger partial charge in [-0.25, -0.2) is 0 Å². The predicted molar refractivity (Wildman–Crippen MR) is 49.5 cm³/mol. The number of rotatable bonds is 5. The highest BCUT2D eigenvalue weighted by Gasteiger charge is 2.41. The Hall–Kier alpha value is -0.790. The molecule has 1 aliphatic rings. The average Bonchev–Trinajstić information content (AvgIpc) is 2.57. The number of unbranched alkanes of at least 4 members (excludes halogenated alkanes) is 1. The Labute approximate surface area is 73.8 Å². The Morgan fingerprint density at radius 2 is 2.25 bits per heavy atom. The molecule has 68 valence electrons. The topological polar surface area (TPSA) is 43.1 Å². The van der Waals surface area contributed by atoms with Gasteiger partial charge in [0.2, 0.25) is 5.91 Å². The molecule has 0 aromatic carbocycles. The number of carbonyl (C=O) groups excluding carboxylic acids is 1. The van der Waals surface area contributed by atoms with Crippen LogP contribution in [0.15, 0.2) is 12.2 Å². The highest BCUT2D eigenvalue weighted by atomic mass is 16.1. The first kappa shape index (κ1) is 9.30. The van der Waals surface area contributed by atoms with Crippen molar-refractivity contribution in [1.82, 2.24) is 0 Å². The van der Waals surface area contributed by atoms with Gasteiger partial charge in [0.05, 0.1) is 0 Å². The van der Waals surface area contributed by atoms with Crippen LogP contribution in [-0.4, -0.2) is 5.91 Å². The van der Waals surface area contributed by atoms with E-state index in [0.29, 0.717) is 18.3 Å². The van der Waals surface area contributed by atoms with E-state index in [4.69, 9.17) is 5.73 Å². The minimum absolute atomic E-state index is 0.194. The van der Waals surface area contributed by atoms with Crippen molar-refractivity contribution >= 4 is 5.91 Å². The molecular weight excluding hydrogens is 150 g/mol. The van der Waals surface area contributed by atoms with Crippen LogP contribution in [0.2, 0.25) is 0 Å². The summed E-state index contributed by atoms with van der Waals surface area (Å²) in [5.41, 5.74) is 6.34. The summed E-state index contributed by atoms with van der Waals surface area (Å²) in [7, 11) is 0. The summed E-state index contributed by atoms with van der Waals surface area (Å²) in [5, 5.41) is 0. The summed E-state index contributed by atoms with van der Waals surface area (Å²) in [6.45, 7) is 6.10. The Morgan fingerprint density at radius 1 is 1.58 bits per heavy atom. The third-order valence-electron chi connectivity index (χ3n) is 2.62. The molecule has 2 heteroatoms. The monoisotopic (exact) mass is 167 g/mol. The first-order valence-corrected chi connectivity index (χ1v) is 4.63. The molecule has 0 spiro atoms.